The van der Waals surface area contributed by atoms with Crippen molar-refractivity contribution in [2.45, 2.75) is 63.6 Å². The monoisotopic (exact) mass is 674 g/mol. The van der Waals surface area contributed by atoms with Gasteiger partial charge in [0.1, 0.15) is 13.2 Å². The molecule has 7 rings (SSSR count). The number of hydrogen-bond acceptors (Lipinski definition) is 8. The Morgan fingerprint density at radius 3 is 2.37 bits per heavy atom. The van der Waals surface area contributed by atoms with E-state index >= 15 is 0 Å². The van der Waals surface area contributed by atoms with Crippen LogP contribution in [-0.2, 0) is 22.4 Å². The van der Waals surface area contributed by atoms with E-state index in [-0.39, 0.29) is 24.4 Å². The van der Waals surface area contributed by atoms with E-state index < -0.39 is 12.2 Å². The Labute approximate surface area is 289 Å². The van der Waals surface area contributed by atoms with Crippen LogP contribution < -0.4 is 14.8 Å². The van der Waals surface area contributed by atoms with Crippen molar-refractivity contribution in [3.63, 3.8) is 0 Å². The number of benzene rings is 2. The quantitative estimate of drug-likeness (QED) is 0.496. The number of piperidine rings is 2. The van der Waals surface area contributed by atoms with Gasteiger partial charge in [-0.25, -0.2) is 9.59 Å². The van der Waals surface area contributed by atoms with Crippen LogP contribution in [0.15, 0.2) is 36.4 Å². The van der Waals surface area contributed by atoms with Gasteiger partial charge in [-0.05, 0) is 88.0 Å². The van der Waals surface area contributed by atoms with Crippen molar-refractivity contribution in [3.8, 4) is 11.5 Å². The first kappa shape index (κ1) is 33.5. The van der Waals surface area contributed by atoms with Gasteiger partial charge in [-0.15, -0.1) is 0 Å². The number of hydrogen-bond donors (Lipinski definition) is 1. The number of urea groups is 1. The number of ether oxygens (including phenoxy) is 3. The number of rotatable bonds is 6. The lowest BCUT2D eigenvalue weighted by Gasteiger charge is -2.42. The van der Waals surface area contributed by atoms with Gasteiger partial charge in [0, 0.05) is 70.0 Å². The zero-order valence-electron chi connectivity index (χ0n) is 28.9. The number of piperazine rings is 1. The van der Waals surface area contributed by atoms with Crippen LogP contribution in [0.1, 0.15) is 42.4 Å². The molecule has 49 heavy (non-hydrogen) atoms. The molecular weight excluding hydrogens is 624 g/mol. The molecule has 0 aliphatic carbocycles. The molecule has 5 aliphatic heterocycles. The van der Waals surface area contributed by atoms with Gasteiger partial charge in [-0.2, -0.15) is 0 Å². The van der Waals surface area contributed by atoms with E-state index in [1.165, 1.54) is 0 Å². The maximum absolute atomic E-state index is 14.1. The smallest absolute Gasteiger partial charge is 0.410 e. The summed E-state index contributed by atoms with van der Waals surface area (Å²) in [5, 5.41) is 3.06. The number of nitrogens with one attached hydrogen (secondary N) is 1. The fraction of sp³-hybridized carbons (Fsp3) is 0.595. The lowest BCUT2D eigenvalue weighted by molar-refractivity contribution is -0.143. The Bertz CT molecular complexity index is 1510. The molecule has 12 heteroatoms. The molecule has 0 bridgehead atoms. The molecule has 0 spiro atoms. The van der Waals surface area contributed by atoms with E-state index in [0.29, 0.717) is 70.6 Å². The number of para-hydroxylation sites is 1. The summed E-state index contributed by atoms with van der Waals surface area (Å²) in [6.45, 7) is 9.58. The third-order valence-electron chi connectivity index (χ3n) is 11.0. The summed E-state index contributed by atoms with van der Waals surface area (Å²) in [6, 6.07) is 12.3. The first-order valence-electron chi connectivity index (χ1n) is 18.0. The van der Waals surface area contributed by atoms with Gasteiger partial charge in [0.05, 0.1) is 0 Å². The predicted molar refractivity (Wildman–Crippen MR) is 185 cm³/mol. The topological polar surface area (TPSA) is 107 Å². The molecule has 3 fully saturated rings. The first-order chi connectivity index (χ1) is 23.8. The molecule has 3 saturated heterocycles. The van der Waals surface area contributed by atoms with Gasteiger partial charge in [0.15, 0.2) is 17.6 Å². The highest BCUT2D eigenvalue weighted by Gasteiger charge is 2.36. The van der Waals surface area contributed by atoms with Gasteiger partial charge in [0.2, 0.25) is 0 Å². The van der Waals surface area contributed by atoms with Crippen LogP contribution in [0.2, 0.25) is 0 Å². The standard InChI is InChI=1S/C37H50N6O6/c1-26-23-27(24-32-34(26)48-22-21-47-32)25-33(35(44)41-19-17-40(18-20-41)29-8-12-39(2)13-9-29)49-37(46)42-14-10-30(11-15-42)43-16-7-28-5-3-4-6-31(28)38-36(43)45/h3-6,23-24,29-30,33H,7-22,25H2,1-2H3,(H,38,45). The molecule has 0 radical (unpaired) electrons. The summed E-state index contributed by atoms with van der Waals surface area (Å²) >= 11 is 0. The van der Waals surface area contributed by atoms with Crippen LogP contribution in [-0.4, -0.2) is 140 Å². The molecule has 2 aromatic rings. The van der Waals surface area contributed by atoms with Crippen LogP contribution >= 0.6 is 0 Å². The minimum atomic E-state index is -0.961. The van der Waals surface area contributed by atoms with E-state index in [9.17, 15) is 14.4 Å². The van der Waals surface area contributed by atoms with Gasteiger partial charge in [0.25, 0.3) is 5.91 Å². The fourth-order valence-electron chi connectivity index (χ4n) is 8.08. The maximum Gasteiger partial charge on any atom is 0.410 e. The van der Waals surface area contributed by atoms with Gasteiger partial charge in [-0.1, -0.05) is 24.3 Å². The molecule has 4 amide bonds. The second kappa shape index (κ2) is 14.8. The van der Waals surface area contributed by atoms with Gasteiger partial charge >= 0.3 is 12.1 Å². The number of nitrogens with zero attached hydrogens (tertiary/aromatic N) is 5. The molecule has 264 valence electrons. The van der Waals surface area contributed by atoms with E-state index in [4.69, 9.17) is 14.2 Å². The van der Waals surface area contributed by atoms with Crippen LogP contribution in [0.4, 0.5) is 15.3 Å². The third-order valence-corrected chi connectivity index (χ3v) is 11.0. The second-order valence-electron chi connectivity index (χ2n) is 14.2. The number of carbonyl (C=O) groups excluding carboxylic acids is 3. The molecule has 5 heterocycles. The Morgan fingerprint density at radius 1 is 0.878 bits per heavy atom. The van der Waals surface area contributed by atoms with Crippen LogP contribution in [0.5, 0.6) is 11.5 Å². The SMILES string of the molecule is Cc1cc(CC(OC(=O)N2CCC(N3CCc4ccccc4NC3=O)CC2)C(=O)N2CCN(C3CCN(C)CC3)CC2)cc2c1OCCO2. The predicted octanol–water partition coefficient (Wildman–Crippen LogP) is 3.61. The van der Waals surface area contributed by atoms with Crippen LogP contribution in [0, 0.1) is 6.92 Å². The molecule has 2 aromatic carbocycles. The lowest BCUT2D eigenvalue weighted by atomic mass is 10.0. The van der Waals surface area contributed by atoms with Crippen LogP contribution in [0.25, 0.3) is 0 Å². The van der Waals surface area contributed by atoms with E-state index in [1.807, 2.05) is 47.1 Å². The van der Waals surface area contributed by atoms with Gasteiger partial charge < -0.3 is 39.1 Å². The molecular formula is C37H50N6O6. The van der Waals surface area contributed by atoms with E-state index in [2.05, 4.69) is 28.2 Å². The van der Waals surface area contributed by atoms with Crippen LogP contribution in [0.3, 0.4) is 0 Å². The Balaban J connectivity index is 0.998. The molecule has 1 unspecified atom stereocenters. The Hall–Kier alpha value is -4.03. The molecule has 1 N–H and O–H groups in total. The highest BCUT2D eigenvalue weighted by molar-refractivity contribution is 5.91. The lowest BCUT2D eigenvalue weighted by Crippen LogP contribution is -2.56. The number of likely N-dealkylation sites (tertiary alicyclic amines) is 2. The maximum atomic E-state index is 14.1. The normalized spacial score (nSPS) is 21.8. The summed E-state index contributed by atoms with van der Waals surface area (Å²) < 4.78 is 17.8. The molecule has 1 atom stereocenters. The second-order valence-corrected chi connectivity index (χ2v) is 14.2. The van der Waals surface area contributed by atoms with Crippen molar-refractivity contribution < 1.29 is 28.6 Å². The Kier molecular flexibility index (Phi) is 10.1. The summed E-state index contributed by atoms with van der Waals surface area (Å²) in [7, 11) is 2.17. The zero-order valence-corrected chi connectivity index (χ0v) is 28.9. The number of fused-ring (bicyclic) bond motifs is 2. The average molecular weight is 675 g/mol. The van der Waals surface area contributed by atoms with Crippen molar-refractivity contribution in [1.29, 1.82) is 0 Å². The van der Waals surface area contributed by atoms with Gasteiger partial charge in [-0.3, -0.25) is 9.69 Å². The van der Waals surface area contributed by atoms with Crippen molar-refractivity contribution in [3.05, 3.63) is 53.1 Å². The largest absolute Gasteiger partial charge is 0.486 e. The highest BCUT2D eigenvalue weighted by atomic mass is 16.6. The number of carbonyl (C=O) groups is 3. The highest BCUT2D eigenvalue weighted by Crippen LogP contribution is 2.35. The van der Waals surface area contributed by atoms with E-state index in [1.54, 1.807) is 4.90 Å². The zero-order chi connectivity index (χ0) is 33.9. The van der Waals surface area contributed by atoms with Crippen molar-refractivity contribution in [2.24, 2.45) is 0 Å². The summed E-state index contributed by atoms with van der Waals surface area (Å²) in [6.07, 6.45) is 3.20. The van der Waals surface area contributed by atoms with Crippen molar-refractivity contribution >= 4 is 23.7 Å². The fourth-order valence-corrected chi connectivity index (χ4v) is 8.08. The molecule has 0 aromatic heterocycles. The number of aryl methyl sites for hydroxylation is 1. The minimum Gasteiger partial charge on any atom is -0.486 e. The van der Waals surface area contributed by atoms with Crippen molar-refractivity contribution in [1.82, 2.24) is 24.5 Å². The summed E-state index contributed by atoms with van der Waals surface area (Å²) in [5.74, 6) is 1.23. The molecule has 12 nitrogen and oxygen atoms in total. The van der Waals surface area contributed by atoms with Crippen molar-refractivity contribution in [2.75, 3.05) is 84.5 Å². The molecule has 5 aliphatic rings. The minimum absolute atomic E-state index is 0.0253. The third kappa shape index (κ3) is 7.60. The first-order valence-corrected chi connectivity index (χ1v) is 18.0. The Morgan fingerprint density at radius 2 is 1.59 bits per heavy atom. The molecule has 0 saturated carbocycles. The average Bonchev–Trinajstić information content (AvgIpc) is 3.29. The number of amides is 4. The van der Waals surface area contributed by atoms with E-state index in [0.717, 1.165) is 73.6 Å². The number of anilines is 1. The summed E-state index contributed by atoms with van der Waals surface area (Å²) in [5.41, 5.74) is 3.79. The summed E-state index contributed by atoms with van der Waals surface area (Å²) in [4.78, 5) is 51.3.